The number of hydrogen-bond acceptors (Lipinski definition) is 5. The number of aromatic nitrogens is 4. The Hall–Kier alpha value is -1.54. The van der Waals surface area contributed by atoms with Gasteiger partial charge in [-0.15, -0.1) is 5.10 Å². The normalized spacial score (nSPS) is 12.9. The summed E-state index contributed by atoms with van der Waals surface area (Å²) in [6, 6.07) is 0. The summed E-state index contributed by atoms with van der Waals surface area (Å²) < 4.78 is 2.16. The highest BCUT2D eigenvalue weighted by Gasteiger charge is 2.16. The smallest absolute Gasteiger partial charge is 0.291 e. The molecule has 0 saturated heterocycles. The van der Waals surface area contributed by atoms with Crippen molar-refractivity contribution in [3.05, 3.63) is 22.7 Å². The van der Waals surface area contributed by atoms with E-state index in [2.05, 4.69) is 36.3 Å². The van der Waals surface area contributed by atoms with E-state index >= 15 is 0 Å². The zero-order valence-electron chi connectivity index (χ0n) is 10.5. The molecule has 102 valence electrons. The molecule has 2 aromatic rings. The first-order chi connectivity index (χ1) is 8.97. The molecule has 2 aromatic heterocycles. The third kappa shape index (κ3) is 3.27. The number of carbonyl (C=O) groups excluding carboxylic acids is 1. The molecule has 8 heteroatoms. The van der Waals surface area contributed by atoms with Crippen molar-refractivity contribution in [1.29, 1.82) is 0 Å². The summed E-state index contributed by atoms with van der Waals surface area (Å²) in [6.07, 6.45) is 2.65. The minimum Gasteiger partial charge on any atom is -0.391 e. The highest BCUT2D eigenvalue weighted by atomic mass is 79.9. The zero-order chi connectivity index (χ0) is 14.0. The first-order valence-electron chi connectivity index (χ1n) is 5.81. The van der Waals surface area contributed by atoms with Crippen LogP contribution in [0.1, 0.15) is 24.5 Å². The number of aliphatic hydroxyl groups excluding tert-OH is 1. The summed E-state index contributed by atoms with van der Waals surface area (Å²) in [4.78, 5) is 19.8. The van der Waals surface area contributed by atoms with Crippen molar-refractivity contribution >= 4 is 27.6 Å². The molecule has 0 fully saturated rings. The second-order valence-electron chi connectivity index (χ2n) is 4.47. The Morgan fingerprint density at radius 1 is 1.58 bits per heavy atom. The molecule has 2 rings (SSSR count). The van der Waals surface area contributed by atoms with Crippen LogP contribution >= 0.6 is 15.9 Å². The standard InChI is InChI=1S/C11H14BrN5O2/c1-6(2)8(18)4-13-10(19)9-15-11-14-3-7(12)5-17(11)16-9/h3,5-6,8,18H,4H2,1-2H3,(H,13,19). The first kappa shape index (κ1) is 13.9. The van der Waals surface area contributed by atoms with Crippen molar-refractivity contribution in [1.82, 2.24) is 24.9 Å². The molecule has 2 N–H and O–H groups in total. The van der Waals surface area contributed by atoms with Gasteiger partial charge in [0.15, 0.2) is 0 Å². The molecule has 2 heterocycles. The van der Waals surface area contributed by atoms with Crippen LogP contribution in [0.15, 0.2) is 16.9 Å². The number of carbonyl (C=O) groups is 1. The van der Waals surface area contributed by atoms with Gasteiger partial charge in [0, 0.05) is 18.9 Å². The minimum atomic E-state index is -0.590. The average Bonchev–Trinajstić information content (AvgIpc) is 2.78. The van der Waals surface area contributed by atoms with E-state index in [0.29, 0.717) is 5.78 Å². The van der Waals surface area contributed by atoms with Crippen LogP contribution in [-0.2, 0) is 0 Å². The van der Waals surface area contributed by atoms with E-state index in [4.69, 9.17) is 0 Å². The number of amides is 1. The Labute approximate surface area is 118 Å². The molecule has 0 spiro atoms. The van der Waals surface area contributed by atoms with E-state index in [1.165, 1.54) is 4.52 Å². The molecular weight excluding hydrogens is 314 g/mol. The van der Waals surface area contributed by atoms with Crippen LogP contribution in [0.4, 0.5) is 0 Å². The van der Waals surface area contributed by atoms with Gasteiger partial charge in [-0.05, 0) is 21.8 Å². The Morgan fingerprint density at radius 2 is 2.32 bits per heavy atom. The maximum Gasteiger partial charge on any atom is 0.291 e. The summed E-state index contributed by atoms with van der Waals surface area (Å²) in [6.45, 7) is 3.92. The molecule has 1 unspecified atom stereocenters. The first-order valence-corrected chi connectivity index (χ1v) is 6.61. The van der Waals surface area contributed by atoms with Crippen LogP contribution in [0.2, 0.25) is 0 Å². The van der Waals surface area contributed by atoms with Gasteiger partial charge < -0.3 is 10.4 Å². The molecule has 1 atom stereocenters. The maximum absolute atomic E-state index is 11.8. The van der Waals surface area contributed by atoms with Crippen molar-refractivity contribution < 1.29 is 9.90 Å². The molecule has 19 heavy (non-hydrogen) atoms. The van der Waals surface area contributed by atoms with Crippen LogP contribution in [0, 0.1) is 5.92 Å². The topological polar surface area (TPSA) is 92.4 Å². The summed E-state index contributed by atoms with van der Waals surface area (Å²) in [7, 11) is 0. The van der Waals surface area contributed by atoms with Gasteiger partial charge in [0.05, 0.1) is 10.6 Å². The quantitative estimate of drug-likeness (QED) is 0.859. The van der Waals surface area contributed by atoms with E-state index in [9.17, 15) is 9.90 Å². The lowest BCUT2D eigenvalue weighted by Crippen LogP contribution is -2.35. The molecule has 0 radical (unpaired) electrons. The molecule has 0 aliphatic carbocycles. The van der Waals surface area contributed by atoms with Gasteiger partial charge in [0.25, 0.3) is 11.7 Å². The number of hydrogen-bond donors (Lipinski definition) is 2. The summed E-state index contributed by atoms with van der Waals surface area (Å²) in [5.41, 5.74) is 0. The van der Waals surface area contributed by atoms with E-state index in [-0.39, 0.29) is 18.3 Å². The van der Waals surface area contributed by atoms with E-state index in [1.807, 2.05) is 13.8 Å². The molecule has 0 bridgehead atoms. The van der Waals surface area contributed by atoms with Crippen LogP contribution < -0.4 is 5.32 Å². The molecular formula is C11H14BrN5O2. The lowest BCUT2D eigenvalue weighted by Gasteiger charge is -2.13. The maximum atomic E-state index is 11.8. The summed E-state index contributed by atoms with van der Waals surface area (Å²) >= 11 is 3.26. The molecule has 7 nitrogen and oxygen atoms in total. The van der Waals surface area contributed by atoms with Crippen LogP contribution in [0.25, 0.3) is 5.78 Å². The highest BCUT2D eigenvalue weighted by molar-refractivity contribution is 9.10. The SMILES string of the molecule is CC(C)C(O)CNC(=O)c1nc2ncc(Br)cn2n1. The fourth-order valence-corrected chi connectivity index (χ4v) is 1.66. The van der Waals surface area contributed by atoms with Gasteiger partial charge in [-0.2, -0.15) is 4.98 Å². The minimum absolute atomic E-state index is 0.0292. The fraction of sp³-hybridized carbons (Fsp3) is 0.455. The Bertz CT molecular complexity index is 598. The van der Waals surface area contributed by atoms with Crippen LogP contribution in [-0.4, -0.2) is 43.2 Å². The molecule has 0 aliphatic rings. The van der Waals surface area contributed by atoms with Gasteiger partial charge in [-0.3, -0.25) is 4.79 Å². The van der Waals surface area contributed by atoms with E-state index < -0.39 is 12.0 Å². The van der Waals surface area contributed by atoms with E-state index in [0.717, 1.165) is 4.47 Å². The Kier molecular flexibility index (Phi) is 4.11. The van der Waals surface area contributed by atoms with Gasteiger partial charge in [0.2, 0.25) is 5.82 Å². The number of fused-ring (bicyclic) bond motifs is 1. The lowest BCUT2D eigenvalue weighted by molar-refractivity contribution is 0.0862. The monoisotopic (exact) mass is 327 g/mol. The molecule has 0 aliphatic heterocycles. The number of aliphatic hydroxyl groups is 1. The number of rotatable bonds is 4. The average molecular weight is 328 g/mol. The number of halogens is 1. The number of nitrogens with zero attached hydrogens (tertiary/aromatic N) is 4. The van der Waals surface area contributed by atoms with Crippen LogP contribution in [0.3, 0.4) is 0 Å². The Morgan fingerprint density at radius 3 is 3.00 bits per heavy atom. The lowest BCUT2D eigenvalue weighted by atomic mass is 10.1. The van der Waals surface area contributed by atoms with Crippen molar-refractivity contribution in [3.63, 3.8) is 0 Å². The van der Waals surface area contributed by atoms with Crippen LogP contribution in [0.5, 0.6) is 0 Å². The van der Waals surface area contributed by atoms with Gasteiger partial charge >= 0.3 is 0 Å². The van der Waals surface area contributed by atoms with Crippen molar-refractivity contribution in [2.75, 3.05) is 6.54 Å². The second-order valence-corrected chi connectivity index (χ2v) is 5.39. The van der Waals surface area contributed by atoms with E-state index in [1.54, 1.807) is 12.4 Å². The third-order valence-corrected chi connectivity index (χ3v) is 3.02. The second kappa shape index (κ2) is 5.62. The summed E-state index contributed by atoms with van der Waals surface area (Å²) in [5, 5.41) is 16.2. The van der Waals surface area contributed by atoms with Gasteiger partial charge in [0.1, 0.15) is 0 Å². The fourth-order valence-electron chi connectivity index (χ4n) is 1.37. The van der Waals surface area contributed by atoms with Gasteiger partial charge in [-0.25, -0.2) is 9.50 Å². The summed E-state index contributed by atoms with van der Waals surface area (Å²) in [5.74, 6) is 0.0209. The third-order valence-electron chi connectivity index (χ3n) is 2.61. The predicted molar refractivity (Wildman–Crippen MR) is 71.7 cm³/mol. The molecule has 1 amide bonds. The van der Waals surface area contributed by atoms with Crippen molar-refractivity contribution in [3.8, 4) is 0 Å². The zero-order valence-corrected chi connectivity index (χ0v) is 12.1. The largest absolute Gasteiger partial charge is 0.391 e. The van der Waals surface area contributed by atoms with Crippen molar-refractivity contribution in [2.24, 2.45) is 5.92 Å². The Balaban J connectivity index is 2.09. The van der Waals surface area contributed by atoms with Crippen molar-refractivity contribution in [2.45, 2.75) is 20.0 Å². The predicted octanol–water partition coefficient (Wildman–Crippen LogP) is 0.633. The highest BCUT2D eigenvalue weighted by Crippen LogP contribution is 2.07. The molecule has 0 aromatic carbocycles. The van der Waals surface area contributed by atoms with Gasteiger partial charge in [-0.1, -0.05) is 13.8 Å². The number of nitrogens with one attached hydrogen (secondary N) is 1. The molecule has 0 saturated carbocycles.